The summed E-state index contributed by atoms with van der Waals surface area (Å²) in [5.41, 5.74) is 0. The van der Waals surface area contributed by atoms with Crippen molar-refractivity contribution in [2.45, 2.75) is 0 Å². The molecule has 0 bridgehead atoms. The summed E-state index contributed by atoms with van der Waals surface area (Å²) >= 11 is 0. The second-order valence-electron chi connectivity index (χ2n) is 4.36. The van der Waals surface area contributed by atoms with E-state index in [1.54, 1.807) is 0 Å². The van der Waals surface area contributed by atoms with E-state index in [1.165, 1.54) is 0 Å². The number of piperazine rings is 1. The van der Waals surface area contributed by atoms with E-state index in [9.17, 15) is 0 Å². The van der Waals surface area contributed by atoms with Gasteiger partial charge >= 0.3 is 0 Å². The van der Waals surface area contributed by atoms with Crippen LogP contribution in [0.2, 0.25) is 0 Å². The summed E-state index contributed by atoms with van der Waals surface area (Å²) < 4.78 is 10.5. The molecule has 0 aromatic carbocycles. The molecule has 1 rings (SSSR count). The third-order valence-corrected chi connectivity index (χ3v) is 3.04. The van der Waals surface area contributed by atoms with Gasteiger partial charge in [-0.05, 0) is 0 Å². The van der Waals surface area contributed by atoms with E-state index in [0.29, 0.717) is 26.4 Å². The van der Waals surface area contributed by atoms with Gasteiger partial charge in [0.2, 0.25) is 0 Å². The van der Waals surface area contributed by atoms with E-state index in [4.69, 9.17) is 19.7 Å². The molecule has 1 heterocycles. The van der Waals surface area contributed by atoms with Crippen molar-refractivity contribution in [2.75, 3.05) is 78.9 Å². The highest BCUT2D eigenvalue weighted by Crippen LogP contribution is 2.01. The van der Waals surface area contributed by atoms with Gasteiger partial charge in [0.25, 0.3) is 0 Å². The third-order valence-electron chi connectivity index (χ3n) is 3.04. The maximum atomic E-state index is 8.59. The first-order valence-corrected chi connectivity index (χ1v) is 6.68. The molecule has 1 aliphatic rings. The van der Waals surface area contributed by atoms with Gasteiger partial charge < -0.3 is 19.7 Å². The van der Waals surface area contributed by atoms with E-state index in [1.807, 2.05) is 0 Å². The number of hydrogen-bond acceptors (Lipinski definition) is 6. The molecule has 0 aromatic heterocycles. The van der Waals surface area contributed by atoms with Crippen LogP contribution in [0, 0.1) is 0 Å². The lowest BCUT2D eigenvalue weighted by Gasteiger charge is -2.34. The van der Waals surface area contributed by atoms with Crippen molar-refractivity contribution in [3.05, 3.63) is 0 Å². The van der Waals surface area contributed by atoms with Crippen LogP contribution in [0.1, 0.15) is 0 Å². The van der Waals surface area contributed by atoms with Crippen molar-refractivity contribution in [2.24, 2.45) is 0 Å². The molecule has 0 amide bonds. The Balaban J connectivity index is 1.95. The molecule has 0 saturated carbocycles. The van der Waals surface area contributed by atoms with Crippen molar-refractivity contribution in [3.63, 3.8) is 0 Å². The summed E-state index contributed by atoms with van der Waals surface area (Å²) in [6.45, 7) is 8.56. The fourth-order valence-corrected chi connectivity index (χ4v) is 1.96. The van der Waals surface area contributed by atoms with E-state index < -0.39 is 0 Å². The molecule has 0 aliphatic carbocycles. The lowest BCUT2D eigenvalue weighted by molar-refractivity contribution is 0.0415. The van der Waals surface area contributed by atoms with Crippen LogP contribution >= 0.6 is 0 Å². The summed E-state index contributed by atoms with van der Waals surface area (Å²) in [5, 5.41) is 17.2. The van der Waals surface area contributed by atoms with Gasteiger partial charge in [0.15, 0.2) is 0 Å². The number of ether oxygens (including phenoxy) is 2. The molecule has 6 nitrogen and oxygen atoms in total. The van der Waals surface area contributed by atoms with Crippen molar-refractivity contribution in [1.82, 2.24) is 9.80 Å². The minimum Gasteiger partial charge on any atom is -0.394 e. The van der Waals surface area contributed by atoms with Gasteiger partial charge in [-0.2, -0.15) is 0 Å². The highest BCUT2D eigenvalue weighted by molar-refractivity contribution is 4.71. The minimum absolute atomic E-state index is 0.0988. The Kier molecular flexibility index (Phi) is 9.37. The van der Waals surface area contributed by atoms with Crippen molar-refractivity contribution >= 4 is 0 Å². The molecular formula is C12H26N2O4. The van der Waals surface area contributed by atoms with Crippen molar-refractivity contribution in [1.29, 1.82) is 0 Å². The summed E-state index contributed by atoms with van der Waals surface area (Å²) in [4.78, 5) is 4.75. The van der Waals surface area contributed by atoms with E-state index in [0.717, 1.165) is 39.3 Å². The molecular weight excluding hydrogens is 236 g/mol. The molecule has 0 unspecified atom stereocenters. The number of hydrogen-bond donors (Lipinski definition) is 2. The van der Waals surface area contributed by atoms with Crippen LogP contribution in [0.5, 0.6) is 0 Å². The fourth-order valence-electron chi connectivity index (χ4n) is 1.96. The van der Waals surface area contributed by atoms with Gasteiger partial charge in [-0.3, -0.25) is 9.80 Å². The van der Waals surface area contributed by atoms with E-state index in [2.05, 4.69) is 9.80 Å². The maximum absolute atomic E-state index is 8.59. The average molecular weight is 262 g/mol. The standard InChI is InChI=1S/C12H26N2O4/c15-7-11-17-9-5-13-1-2-14(4-3-13)6-10-18-12-8-16/h15-16H,1-12H2. The first kappa shape index (κ1) is 15.8. The molecule has 108 valence electrons. The summed E-state index contributed by atoms with van der Waals surface area (Å²) in [6.07, 6.45) is 0. The van der Waals surface area contributed by atoms with Crippen molar-refractivity contribution in [3.8, 4) is 0 Å². The predicted octanol–water partition coefficient (Wildman–Crippen LogP) is -1.38. The largest absolute Gasteiger partial charge is 0.394 e. The molecule has 6 heteroatoms. The summed E-state index contributed by atoms with van der Waals surface area (Å²) in [6, 6.07) is 0. The van der Waals surface area contributed by atoms with Crippen LogP contribution in [0.4, 0.5) is 0 Å². The van der Waals surface area contributed by atoms with Gasteiger partial charge in [-0.25, -0.2) is 0 Å². The average Bonchev–Trinajstić information content (AvgIpc) is 2.41. The molecule has 0 spiro atoms. The van der Waals surface area contributed by atoms with Gasteiger partial charge in [-0.1, -0.05) is 0 Å². The molecule has 1 saturated heterocycles. The highest BCUT2D eigenvalue weighted by Gasteiger charge is 2.15. The molecule has 0 atom stereocenters. The second kappa shape index (κ2) is 10.7. The van der Waals surface area contributed by atoms with Gasteiger partial charge in [-0.15, -0.1) is 0 Å². The number of aliphatic hydroxyl groups excluding tert-OH is 2. The number of aliphatic hydroxyl groups is 2. The molecule has 0 aromatic rings. The van der Waals surface area contributed by atoms with E-state index >= 15 is 0 Å². The first-order valence-electron chi connectivity index (χ1n) is 6.68. The van der Waals surface area contributed by atoms with Crippen LogP contribution < -0.4 is 0 Å². The molecule has 1 fully saturated rings. The van der Waals surface area contributed by atoms with E-state index in [-0.39, 0.29) is 13.2 Å². The van der Waals surface area contributed by atoms with Crippen LogP contribution in [0.25, 0.3) is 0 Å². The zero-order valence-electron chi connectivity index (χ0n) is 11.1. The van der Waals surface area contributed by atoms with Gasteiger partial charge in [0.05, 0.1) is 39.6 Å². The fraction of sp³-hybridized carbons (Fsp3) is 1.00. The Morgan fingerprint density at radius 2 is 1.06 bits per heavy atom. The molecule has 2 N–H and O–H groups in total. The Hall–Kier alpha value is -0.240. The maximum Gasteiger partial charge on any atom is 0.0698 e. The normalized spacial score (nSPS) is 18.3. The minimum atomic E-state index is 0.0988. The topological polar surface area (TPSA) is 65.4 Å². The van der Waals surface area contributed by atoms with Gasteiger partial charge in [0, 0.05) is 39.3 Å². The smallest absolute Gasteiger partial charge is 0.0698 e. The lowest BCUT2D eigenvalue weighted by Crippen LogP contribution is -2.48. The van der Waals surface area contributed by atoms with Crippen LogP contribution in [-0.2, 0) is 9.47 Å². The quantitative estimate of drug-likeness (QED) is 0.473. The third kappa shape index (κ3) is 7.25. The Labute approximate surface area is 109 Å². The molecule has 0 radical (unpaired) electrons. The summed E-state index contributed by atoms with van der Waals surface area (Å²) in [5.74, 6) is 0. The predicted molar refractivity (Wildman–Crippen MR) is 68.7 cm³/mol. The lowest BCUT2D eigenvalue weighted by atomic mass is 10.3. The van der Waals surface area contributed by atoms with Gasteiger partial charge in [0.1, 0.15) is 0 Å². The highest BCUT2D eigenvalue weighted by atomic mass is 16.5. The number of rotatable bonds is 10. The summed E-state index contributed by atoms with van der Waals surface area (Å²) in [7, 11) is 0. The zero-order valence-corrected chi connectivity index (χ0v) is 11.1. The Morgan fingerprint density at radius 3 is 1.39 bits per heavy atom. The first-order chi connectivity index (χ1) is 8.86. The zero-order chi connectivity index (χ0) is 13.1. The molecule has 18 heavy (non-hydrogen) atoms. The second-order valence-corrected chi connectivity index (χ2v) is 4.36. The van der Waals surface area contributed by atoms with Crippen LogP contribution in [0.3, 0.4) is 0 Å². The monoisotopic (exact) mass is 262 g/mol. The Bertz CT molecular complexity index is 167. The van der Waals surface area contributed by atoms with Crippen molar-refractivity contribution < 1.29 is 19.7 Å². The Morgan fingerprint density at radius 1 is 0.667 bits per heavy atom. The number of nitrogens with zero attached hydrogens (tertiary/aromatic N) is 2. The van der Waals surface area contributed by atoms with Crippen LogP contribution in [-0.4, -0.2) is 98.9 Å². The SMILES string of the molecule is OCCOCCN1CCN(CCOCCO)CC1. The molecule has 1 aliphatic heterocycles. The van der Waals surface area contributed by atoms with Crippen LogP contribution in [0.15, 0.2) is 0 Å².